The van der Waals surface area contributed by atoms with Crippen LogP contribution < -0.4 is 0 Å². The van der Waals surface area contributed by atoms with Gasteiger partial charge >= 0.3 is 5.97 Å². The average molecular weight is 255 g/mol. The van der Waals surface area contributed by atoms with Crippen molar-refractivity contribution in [3.8, 4) is 0 Å². The van der Waals surface area contributed by atoms with Crippen molar-refractivity contribution < 1.29 is 14.7 Å². The first-order valence-corrected chi connectivity index (χ1v) is 6.82. The third kappa shape index (κ3) is 2.68. The molecule has 1 unspecified atom stereocenters. The van der Waals surface area contributed by atoms with E-state index in [4.69, 9.17) is 0 Å². The van der Waals surface area contributed by atoms with Crippen LogP contribution in [0.1, 0.15) is 53.4 Å². The van der Waals surface area contributed by atoms with Crippen molar-refractivity contribution in [2.24, 2.45) is 10.8 Å². The molecule has 0 spiro atoms. The van der Waals surface area contributed by atoms with Crippen molar-refractivity contribution in [2.75, 3.05) is 13.1 Å². The lowest BCUT2D eigenvalue weighted by molar-refractivity contribution is -0.157. The molecular weight excluding hydrogens is 230 g/mol. The Hall–Kier alpha value is -1.06. The summed E-state index contributed by atoms with van der Waals surface area (Å²) in [6.07, 6.45) is 2.81. The molecule has 1 saturated heterocycles. The Labute approximate surface area is 109 Å². The minimum absolute atomic E-state index is 0.0868. The summed E-state index contributed by atoms with van der Waals surface area (Å²) in [5.41, 5.74) is -1.13. The van der Waals surface area contributed by atoms with E-state index in [1.807, 2.05) is 27.7 Å². The van der Waals surface area contributed by atoms with Crippen LogP contribution in [0.3, 0.4) is 0 Å². The van der Waals surface area contributed by atoms with E-state index in [0.29, 0.717) is 25.9 Å². The van der Waals surface area contributed by atoms with Gasteiger partial charge in [0.1, 0.15) is 0 Å². The van der Waals surface area contributed by atoms with E-state index in [1.165, 1.54) is 0 Å². The maximum atomic E-state index is 12.4. The highest BCUT2D eigenvalue weighted by Crippen LogP contribution is 2.35. The first-order chi connectivity index (χ1) is 8.29. The number of aliphatic carboxylic acids is 1. The summed E-state index contributed by atoms with van der Waals surface area (Å²) in [6.45, 7) is 8.80. The summed E-state index contributed by atoms with van der Waals surface area (Å²) in [5, 5.41) is 9.41. The van der Waals surface area contributed by atoms with E-state index in [-0.39, 0.29) is 5.91 Å². The molecule has 0 aromatic heterocycles. The second kappa shape index (κ2) is 5.29. The van der Waals surface area contributed by atoms with E-state index in [9.17, 15) is 14.7 Å². The fourth-order valence-corrected chi connectivity index (χ4v) is 2.50. The lowest BCUT2D eigenvalue weighted by Crippen LogP contribution is -2.52. The smallest absolute Gasteiger partial charge is 0.311 e. The number of hydrogen-bond acceptors (Lipinski definition) is 2. The second-order valence-corrected chi connectivity index (χ2v) is 6.01. The van der Waals surface area contributed by atoms with Gasteiger partial charge in [-0.05, 0) is 25.7 Å². The minimum Gasteiger partial charge on any atom is -0.481 e. The molecular formula is C14H25NO3. The van der Waals surface area contributed by atoms with E-state index in [2.05, 4.69) is 0 Å². The number of likely N-dealkylation sites (tertiary alicyclic amines) is 1. The molecule has 0 aromatic rings. The standard InChI is InChI=1S/C14H25NO3/c1-5-13(3,4)11(16)15-9-7-8-14(6-2,10-15)12(17)18/h5-10H2,1-4H3,(H,17,18). The molecule has 1 amide bonds. The molecule has 1 fully saturated rings. The maximum Gasteiger partial charge on any atom is 0.311 e. The molecule has 104 valence electrons. The Bertz CT molecular complexity index is 338. The summed E-state index contributed by atoms with van der Waals surface area (Å²) in [4.78, 5) is 25.6. The Balaban J connectivity index is 2.87. The van der Waals surface area contributed by atoms with Crippen molar-refractivity contribution in [2.45, 2.75) is 53.4 Å². The van der Waals surface area contributed by atoms with Gasteiger partial charge < -0.3 is 10.0 Å². The maximum absolute atomic E-state index is 12.4. The molecule has 1 N–H and O–H groups in total. The van der Waals surface area contributed by atoms with Crippen LogP contribution in [0.2, 0.25) is 0 Å². The highest BCUT2D eigenvalue weighted by atomic mass is 16.4. The Morgan fingerprint density at radius 3 is 2.39 bits per heavy atom. The molecule has 18 heavy (non-hydrogen) atoms. The molecule has 1 aliphatic rings. The largest absolute Gasteiger partial charge is 0.481 e. The number of carboxylic acid groups (broad SMARTS) is 1. The number of nitrogens with zero attached hydrogens (tertiary/aromatic N) is 1. The van der Waals surface area contributed by atoms with Gasteiger partial charge in [-0.1, -0.05) is 27.7 Å². The van der Waals surface area contributed by atoms with Gasteiger partial charge in [-0.2, -0.15) is 0 Å². The number of amides is 1. The molecule has 0 radical (unpaired) electrons. The second-order valence-electron chi connectivity index (χ2n) is 6.01. The van der Waals surface area contributed by atoms with E-state index < -0.39 is 16.8 Å². The van der Waals surface area contributed by atoms with Gasteiger partial charge in [-0.3, -0.25) is 9.59 Å². The molecule has 0 saturated carbocycles. The van der Waals surface area contributed by atoms with E-state index in [1.54, 1.807) is 4.90 Å². The van der Waals surface area contributed by atoms with Crippen molar-refractivity contribution in [1.29, 1.82) is 0 Å². The molecule has 0 aliphatic carbocycles. The van der Waals surface area contributed by atoms with Crippen molar-refractivity contribution in [1.82, 2.24) is 4.90 Å². The summed E-state index contributed by atoms with van der Waals surface area (Å²) >= 11 is 0. The lowest BCUT2D eigenvalue weighted by Gasteiger charge is -2.42. The average Bonchev–Trinajstić information content (AvgIpc) is 2.37. The monoisotopic (exact) mass is 255 g/mol. The molecule has 1 heterocycles. The minimum atomic E-state index is -0.767. The van der Waals surface area contributed by atoms with Gasteiger partial charge in [0.2, 0.25) is 5.91 Å². The van der Waals surface area contributed by atoms with Gasteiger partial charge in [0.25, 0.3) is 0 Å². The summed E-state index contributed by atoms with van der Waals surface area (Å²) in [7, 11) is 0. The third-order valence-corrected chi connectivity index (χ3v) is 4.46. The zero-order valence-electron chi connectivity index (χ0n) is 12.0. The molecule has 1 aliphatic heterocycles. The zero-order chi connectivity index (χ0) is 14.0. The Morgan fingerprint density at radius 2 is 1.94 bits per heavy atom. The highest BCUT2D eigenvalue weighted by Gasteiger charge is 2.44. The third-order valence-electron chi connectivity index (χ3n) is 4.46. The van der Waals surface area contributed by atoms with Crippen molar-refractivity contribution in [3.05, 3.63) is 0 Å². The lowest BCUT2D eigenvalue weighted by atomic mass is 9.76. The Kier molecular flexibility index (Phi) is 4.41. The van der Waals surface area contributed by atoms with Gasteiger partial charge in [-0.15, -0.1) is 0 Å². The number of carbonyl (C=O) groups is 2. The van der Waals surface area contributed by atoms with E-state index in [0.717, 1.165) is 12.8 Å². The predicted octanol–water partition coefficient (Wildman–Crippen LogP) is 2.53. The highest BCUT2D eigenvalue weighted by molar-refractivity contribution is 5.83. The number of carboxylic acids is 1. The van der Waals surface area contributed by atoms with Crippen LogP contribution in [0.5, 0.6) is 0 Å². The van der Waals surface area contributed by atoms with Crippen LogP contribution in [0.4, 0.5) is 0 Å². The molecule has 4 nitrogen and oxygen atoms in total. The summed E-state index contributed by atoms with van der Waals surface area (Å²) in [5.74, 6) is -0.680. The number of carbonyl (C=O) groups excluding carboxylic acids is 1. The quantitative estimate of drug-likeness (QED) is 0.839. The van der Waals surface area contributed by atoms with Crippen molar-refractivity contribution >= 4 is 11.9 Å². The molecule has 1 atom stereocenters. The van der Waals surface area contributed by atoms with Crippen LogP contribution in [0.15, 0.2) is 0 Å². The zero-order valence-corrected chi connectivity index (χ0v) is 12.0. The summed E-state index contributed by atoms with van der Waals surface area (Å²) in [6, 6.07) is 0. The van der Waals surface area contributed by atoms with Crippen LogP contribution in [0.25, 0.3) is 0 Å². The molecule has 0 bridgehead atoms. The van der Waals surface area contributed by atoms with Crippen LogP contribution >= 0.6 is 0 Å². The fraction of sp³-hybridized carbons (Fsp3) is 0.857. The number of hydrogen-bond donors (Lipinski definition) is 1. The first kappa shape index (κ1) is 15.0. The summed E-state index contributed by atoms with van der Waals surface area (Å²) < 4.78 is 0. The van der Waals surface area contributed by atoms with Gasteiger partial charge in [0.05, 0.1) is 5.41 Å². The van der Waals surface area contributed by atoms with Crippen molar-refractivity contribution in [3.63, 3.8) is 0 Å². The molecule has 0 aromatic carbocycles. The van der Waals surface area contributed by atoms with Crippen LogP contribution in [-0.4, -0.2) is 35.0 Å². The SMILES string of the molecule is CCC(C)(C)C(=O)N1CCCC(CC)(C(=O)O)C1. The molecule has 4 heteroatoms. The van der Waals surface area contributed by atoms with Gasteiger partial charge in [-0.25, -0.2) is 0 Å². The normalized spacial score (nSPS) is 25.0. The molecule has 1 rings (SSSR count). The van der Waals surface area contributed by atoms with Crippen LogP contribution in [-0.2, 0) is 9.59 Å². The van der Waals surface area contributed by atoms with Crippen LogP contribution in [0, 0.1) is 10.8 Å². The Morgan fingerprint density at radius 1 is 1.33 bits per heavy atom. The van der Waals surface area contributed by atoms with Gasteiger partial charge in [0, 0.05) is 18.5 Å². The fourth-order valence-electron chi connectivity index (χ4n) is 2.50. The van der Waals surface area contributed by atoms with E-state index >= 15 is 0 Å². The van der Waals surface area contributed by atoms with Gasteiger partial charge in [0.15, 0.2) is 0 Å². The number of piperidine rings is 1. The number of rotatable bonds is 4. The first-order valence-electron chi connectivity index (χ1n) is 6.82. The topological polar surface area (TPSA) is 57.6 Å². The predicted molar refractivity (Wildman–Crippen MR) is 70.2 cm³/mol.